The molecule has 82 heavy (non-hydrogen) atoms. The number of carbonyl (C=O) groups is 4. The zero-order valence-corrected chi connectivity index (χ0v) is 48.0. The molecule has 2 N–H and O–H groups in total. The average Bonchev–Trinajstić information content (AvgIpc) is 4.42. The van der Waals surface area contributed by atoms with E-state index >= 15 is 8.78 Å². The van der Waals surface area contributed by atoms with E-state index in [1.54, 1.807) is 27.7 Å². The highest BCUT2D eigenvalue weighted by Gasteiger charge is 2.55. The van der Waals surface area contributed by atoms with E-state index in [1.165, 1.54) is 68.1 Å². The van der Waals surface area contributed by atoms with Gasteiger partial charge >= 0.3 is 24.3 Å². The lowest BCUT2D eigenvalue weighted by Gasteiger charge is -2.51. The van der Waals surface area contributed by atoms with Crippen molar-refractivity contribution >= 4 is 70.2 Å². The van der Waals surface area contributed by atoms with Crippen LogP contribution in [0.4, 0.5) is 35.1 Å². The van der Waals surface area contributed by atoms with Crippen LogP contribution in [-0.4, -0.2) is 130 Å². The summed E-state index contributed by atoms with van der Waals surface area (Å²) in [6.45, 7) is 7.92. The van der Waals surface area contributed by atoms with Crippen LogP contribution in [0.5, 0.6) is 11.5 Å². The van der Waals surface area contributed by atoms with Gasteiger partial charge in [0.1, 0.15) is 47.3 Å². The van der Waals surface area contributed by atoms with Gasteiger partial charge in [-0.1, -0.05) is 74.1 Å². The lowest BCUT2D eigenvalue weighted by molar-refractivity contribution is -0.214. The highest BCUT2D eigenvalue weighted by atomic mass is 35.5. The molecule has 2 aliphatic carbocycles. The Labute approximate surface area is 488 Å². The summed E-state index contributed by atoms with van der Waals surface area (Å²) in [5.41, 5.74) is -0.480. The number of nitrogens with zero attached hydrogens (tertiary/aromatic N) is 4. The Morgan fingerprint density at radius 2 is 0.866 bits per heavy atom. The quantitative estimate of drug-likeness (QED) is 0.104. The summed E-state index contributed by atoms with van der Waals surface area (Å²) in [5, 5.41) is 19.6. The van der Waals surface area contributed by atoms with Crippen LogP contribution in [0, 0.1) is 34.3 Å². The average molecular weight is 1230 g/mol. The largest absolute Gasteiger partial charge is 0.493 e. The summed E-state index contributed by atoms with van der Waals surface area (Å²) in [6.07, 6.45) is -4.79. The third kappa shape index (κ3) is 13.4. The first kappa shape index (κ1) is 61.4. The minimum Gasteiger partial charge on any atom is -0.493 e. The molecule has 4 saturated heterocycles. The summed E-state index contributed by atoms with van der Waals surface area (Å²) >= 11 is 23.9. The topological polar surface area (TPSA) is 140 Å². The van der Waals surface area contributed by atoms with Crippen molar-refractivity contribution in [2.75, 3.05) is 52.5 Å². The first-order valence-corrected chi connectivity index (χ1v) is 28.4. The number of amides is 2. The number of hydrogen-bond acceptors (Lipinski definition) is 8. The van der Waals surface area contributed by atoms with Crippen LogP contribution in [0.1, 0.15) is 133 Å². The van der Waals surface area contributed by atoms with E-state index in [9.17, 15) is 55.7 Å². The normalized spacial score (nSPS) is 23.3. The number of benzene rings is 4. The van der Waals surface area contributed by atoms with E-state index in [0.717, 1.165) is 37.8 Å². The lowest BCUT2D eigenvalue weighted by atomic mass is 9.80. The zero-order chi connectivity index (χ0) is 59.7. The molecule has 4 aromatic carbocycles. The smallest absolute Gasteiger partial charge is 0.408 e. The molecule has 0 bridgehead atoms. The molecule has 2 amide bonds. The monoisotopic (exact) mass is 1230 g/mol. The van der Waals surface area contributed by atoms with Crippen molar-refractivity contribution in [3.63, 3.8) is 0 Å². The number of likely N-dealkylation sites (tertiary alicyclic amines) is 4. The third-order valence-corrected chi connectivity index (χ3v) is 17.2. The molecule has 4 heterocycles. The van der Waals surface area contributed by atoms with E-state index in [0.29, 0.717) is 24.0 Å². The first-order chi connectivity index (χ1) is 38.3. The Morgan fingerprint density at radius 1 is 0.549 bits per heavy atom. The summed E-state index contributed by atoms with van der Waals surface area (Å²) in [5.74, 6) is -5.11. The van der Waals surface area contributed by atoms with Crippen LogP contribution in [0.3, 0.4) is 0 Å². The number of carbonyl (C=O) groups excluding carboxylic acids is 2. The maximum Gasteiger partial charge on any atom is 0.408 e. The molecule has 12 nitrogen and oxygen atoms in total. The second kappa shape index (κ2) is 23.4. The van der Waals surface area contributed by atoms with E-state index in [2.05, 4.69) is 0 Å². The molecule has 444 valence electrons. The maximum atomic E-state index is 15.3. The van der Waals surface area contributed by atoms with E-state index in [4.69, 9.17) is 55.9 Å². The fourth-order valence-corrected chi connectivity index (χ4v) is 13.2. The van der Waals surface area contributed by atoms with Crippen LogP contribution in [-0.2, 0) is 9.59 Å². The Bertz CT molecular complexity index is 2890. The standard InChI is InChI=1S/2C29H30Cl2F4N2O4/c2*1-15-5-6-37(24(15)27(39)40)26(38)21-10-20(16-3-4-16)23(11-22(21)32)41-14-28(2)12-36(13-28)25(29(33,34)35)17-7-18(30)9-19(31)8-17/h2*7-11,15-16,24-25H,3-6,12-14H2,1-2H3,(H,39,40)/t15-,24-,25+;15-,24-,25-/m00/s1. The van der Waals surface area contributed by atoms with Crippen molar-refractivity contribution in [3.05, 3.63) is 126 Å². The van der Waals surface area contributed by atoms with Gasteiger partial charge in [0.25, 0.3) is 11.8 Å². The van der Waals surface area contributed by atoms with Gasteiger partial charge in [-0.3, -0.25) is 19.4 Å². The molecule has 2 saturated carbocycles. The summed E-state index contributed by atoms with van der Waals surface area (Å²) in [6, 6.07) is 7.14. The molecule has 6 fully saturated rings. The molecular formula is C58H60Cl4F8N4O8. The fraction of sp³-hybridized carbons (Fsp3) is 0.517. The van der Waals surface area contributed by atoms with Crippen LogP contribution in [0.25, 0.3) is 0 Å². The Balaban J connectivity index is 0.000000198. The van der Waals surface area contributed by atoms with Gasteiger partial charge in [0.05, 0.1) is 24.3 Å². The second-order valence-corrected chi connectivity index (χ2v) is 25.4. The fourth-order valence-electron chi connectivity index (χ4n) is 12.2. The molecule has 0 unspecified atom stereocenters. The van der Waals surface area contributed by atoms with Crippen LogP contribution in [0.15, 0.2) is 60.7 Å². The van der Waals surface area contributed by atoms with E-state index in [-0.39, 0.29) is 130 Å². The molecular weight excluding hydrogens is 1170 g/mol. The molecule has 6 atom stereocenters. The van der Waals surface area contributed by atoms with Crippen molar-refractivity contribution in [2.24, 2.45) is 22.7 Å². The van der Waals surface area contributed by atoms with Gasteiger partial charge in [-0.15, -0.1) is 0 Å². The summed E-state index contributed by atoms with van der Waals surface area (Å²) in [4.78, 5) is 54.9. The predicted octanol–water partition coefficient (Wildman–Crippen LogP) is 13.9. The minimum absolute atomic E-state index is 0.0432. The first-order valence-electron chi connectivity index (χ1n) is 26.9. The molecule has 10 rings (SSSR count). The SMILES string of the molecule is C[C@H]1CCN(C(=O)c2cc(C3CC3)c(OCC3(C)CN([C@@H](c4cc(Cl)cc(Cl)c4)C(F)(F)F)C3)cc2F)[C@@H]1C(=O)O.C[C@H]1CCN(C(=O)c2cc(C3CC3)c(OCC3(C)CN([C@H](c4cc(Cl)cc(Cl)c4)C(F)(F)F)C3)cc2F)[C@@H]1C(=O)O. The minimum atomic E-state index is -4.56. The molecule has 4 aliphatic heterocycles. The second-order valence-electron chi connectivity index (χ2n) is 23.7. The van der Waals surface area contributed by atoms with Gasteiger partial charge in [0.2, 0.25) is 0 Å². The number of alkyl halides is 6. The van der Waals surface area contributed by atoms with Crippen molar-refractivity contribution < 1.29 is 74.0 Å². The molecule has 24 heteroatoms. The van der Waals surface area contributed by atoms with Crippen molar-refractivity contribution in [3.8, 4) is 11.5 Å². The Morgan fingerprint density at radius 3 is 1.15 bits per heavy atom. The van der Waals surface area contributed by atoms with Gasteiger partial charge in [-0.2, -0.15) is 26.3 Å². The van der Waals surface area contributed by atoms with Gasteiger partial charge in [-0.25, -0.2) is 18.4 Å². The number of halogens is 12. The van der Waals surface area contributed by atoms with Crippen LogP contribution >= 0.6 is 46.4 Å². The van der Waals surface area contributed by atoms with Gasteiger partial charge in [0.15, 0.2) is 0 Å². The molecule has 0 aromatic heterocycles. The number of aliphatic carboxylic acids is 2. The molecule has 4 aromatic rings. The highest BCUT2D eigenvalue weighted by Crippen LogP contribution is 2.51. The van der Waals surface area contributed by atoms with Crippen LogP contribution < -0.4 is 9.47 Å². The van der Waals surface area contributed by atoms with Crippen molar-refractivity contribution in [2.45, 2.75) is 115 Å². The predicted molar refractivity (Wildman–Crippen MR) is 290 cm³/mol. The lowest BCUT2D eigenvalue weighted by Crippen LogP contribution is -2.60. The summed E-state index contributed by atoms with van der Waals surface area (Å²) in [7, 11) is 0. The van der Waals surface area contributed by atoms with Gasteiger partial charge in [-0.05, 0) is 133 Å². The molecule has 0 radical (unpaired) electrons. The van der Waals surface area contributed by atoms with E-state index < -0.39 is 82.7 Å². The summed E-state index contributed by atoms with van der Waals surface area (Å²) < 4.78 is 127. The van der Waals surface area contributed by atoms with E-state index in [1.807, 2.05) is 0 Å². The number of hydrogen-bond donors (Lipinski definition) is 2. The van der Waals surface area contributed by atoms with Crippen molar-refractivity contribution in [1.82, 2.24) is 19.6 Å². The molecule has 6 aliphatic rings. The van der Waals surface area contributed by atoms with Gasteiger partial charge < -0.3 is 29.5 Å². The van der Waals surface area contributed by atoms with Crippen LogP contribution in [0.2, 0.25) is 20.1 Å². The number of ether oxygens (including phenoxy) is 2. The zero-order valence-electron chi connectivity index (χ0n) is 45.0. The maximum absolute atomic E-state index is 15.3. The number of carboxylic acid groups (broad SMARTS) is 2. The Hall–Kier alpha value is -5.12. The Kier molecular flexibility index (Phi) is 17.5. The molecule has 0 spiro atoms. The van der Waals surface area contributed by atoms with Crippen molar-refractivity contribution in [1.29, 1.82) is 0 Å². The van der Waals surface area contributed by atoms with Gasteiger partial charge in [0, 0.05) is 82.3 Å². The third-order valence-electron chi connectivity index (χ3n) is 16.4. The number of carboxylic acids is 2. The highest BCUT2D eigenvalue weighted by molar-refractivity contribution is 6.35. The number of rotatable bonds is 16.